The van der Waals surface area contributed by atoms with Crippen LogP contribution < -0.4 is 4.74 Å². The topological polar surface area (TPSA) is 9.23 Å². The SMILES string of the molecule is C=C(/C=C\C)Oc1ccc(Cl)cc1Cl. The Kier molecular flexibility index (Phi) is 4.05. The van der Waals surface area contributed by atoms with Crippen LogP contribution in [-0.4, -0.2) is 0 Å². The Hall–Kier alpha value is -0.920. The zero-order chi connectivity index (χ0) is 10.6. The molecule has 1 aromatic rings. The molecule has 0 atom stereocenters. The maximum absolute atomic E-state index is 5.90. The first-order chi connectivity index (χ1) is 6.63. The molecular weight excluding hydrogens is 219 g/mol. The molecule has 0 unspecified atom stereocenters. The minimum absolute atomic E-state index is 0.475. The first-order valence-electron chi connectivity index (χ1n) is 4.08. The Morgan fingerprint density at radius 3 is 2.71 bits per heavy atom. The smallest absolute Gasteiger partial charge is 0.146 e. The Bertz CT molecular complexity index is 370. The second kappa shape index (κ2) is 5.08. The molecule has 0 aliphatic rings. The van der Waals surface area contributed by atoms with Crippen LogP contribution in [-0.2, 0) is 0 Å². The molecule has 0 radical (unpaired) electrons. The monoisotopic (exact) mass is 228 g/mol. The Balaban J connectivity index is 2.82. The van der Waals surface area contributed by atoms with Gasteiger partial charge in [0.25, 0.3) is 0 Å². The molecule has 0 fully saturated rings. The summed E-state index contributed by atoms with van der Waals surface area (Å²) in [6, 6.07) is 5.05. The van der Waals surface area contributed by atoms with Crippen molar-refractivity contribution in [1.29, 1.82) is 0 Å². The average molecular weight is 229 g/mol. The number of hydrogen-bond donors (Lipinski definition) is 0. The second-order valence-electron chi connectivity index (χ2n) is 2.64. The van der Waals surface area contributed by atoms with Gasteiger partial charge in [-0.25, -0.2) is 0 Å². The summed E-state index contributed by atoms with van der Waals surface area (Å²) in [6.07, 6.45) is 3.59. The van der Waals surface area contributed by atoms with Gasteiger partial charge >= 0.3 is 0 Å². The first-order valence-corrected chi connectivity index (χ1v) is 4.83. The van der Waals surface area contributed by atoms with Crippen LogP contribution in [0.25, 0.3) is 0 Å². The van der Waals surface area contributed by atoms with Gasteiger partial charge in [0.15, 0.2) is 0 Å². The van der Waals surface area contributed by atoms with Gasteiger partial charge in [0.2, 0.25) is 0 Å². The van der Waals surface area contributed by atoms with Crippen LogP contribution in [0.3, 0.4) is 0 Å². The van der Waals surface area contributed by atoms with Crippen LogP contribution in [0.1, 0.15) is 6.92 Å². The van der Waals surface area contributed by atoms with Crippen molar-refractivity contribution < 1.29 is 4.74 Å². The molecule has 0 spiro atoms. The van der Waals surface area contributed by atoms with Gasteiger partial charge < -0.3 is 4.74 Å². The predicted octanol–water partition coefficient (Wildman–Crippen LogP) is 4.46. The summed E-state index contributed by atoms with van der Waals surface area (Å²) in [4.78, 5) is 0. The highest BCUT2D eigenvalue weighted by Gasteiger charge is 2.02. The normalized spacial score (nSPS) is 10.5. The van der Waals surface area contributed by atoms with E-state index in [1.807, 2.05) is 13.0 Å². The van der Waals surface area contributed by atoms with Gasteiger partial charge in [-0.05, 0) is 31.2 Å². The van der Waals surface area contributed by atoms with E-state index in [0.29, 0.717) is 21.6 Å². The summed E-state index contributed by atoms with van der Waals surface area (Å²) in [5.74, 6) is 1.09. The minimum atomic E-state index is 0.475. The van der Waals surface area contributed by atoms with E-state index in [9.17, 15) is 0 Å². The molecule has 74 valence electrons. The Morgan fingerprint density at radius 1 is 1.43 bits per heavy atom. The molecule has 1 nitrogen and oxygen atoms in total. The van der Waals surface area contributed by atoms with Gasteiger partial charge in [-0.3, -0.25) is 0 Å². The van der Waals surface area contributed by atoms with Gasteiger partial charge in [-0.15, -0.1) is 0 Å². The van der Waals surface area contributed by atoms with E-state index in [4.69, 9.17) is 27.9 Å². The van der Waals surface area contributed by atoms with Gasteiger partial charge in [-0.2, -0.15) is 0 Å². The highest BCUT2D eigenvalue weighted by Crippen LogP contribution is 2.28. The molecule has 0 heterocycles. The van der Waals surface area contributed by atoms with Gasteiger partial charge in [0.05, 0.1) is 5.02 Å². The fraction of sp³-hybridized carbons (Fsp3) is 0.0909. The third-order valence-electron chi connectivity index (χ3n) is 1.49. The van der Waals surface area contributed by atoms with Crippen molar-refractivity contribution in [2.45, 2.75) is 6.92 Å². The lowest BCUT2D eigenvalue weighted by atomic mass is 10.3. The van der Waals surface area contributed by atoms with Crippen LogP contribution >= 0.6 is 23.2 Å². The van der Waals surface area contributed by atoms with Crippen molar-refractivity contribution in [3.63, 3.8) is 0 Å². The van der Waals surface area contributed by atoms with Crippen molar-refractivity contribution in [2.24, 2.45) is 0 Å². The van der Waals surface area contributed by atoms with Crippen LogP contribution in [0.4, 0.5) is 0 Å². The molecule has 0 N–H and O–H groups in total. The molecule has 0 aromatic heterocycles. The molecule has 1 aromatic carbocycles. The van der Waals surface area contributed by atoms with E-state index < -0.39 is 0 Å². The Morgan fingerprint density at radius 2 is 2.14 bits per heavy atom. The summed E-state index contributed by atoms with van der Waals surface area (Å²) in [7, 11) is 0. The minimum Gasteiger partial charge on any atom is -0.456 e. The van der Waals surface area contributed by atoms with Crippen LogP contribution in [0.15, 0.2) is 42.7 Å². The highest BCUT2D eigenvalue weighted by atomic mass is 35.5. The van der Waals surface area contributed by atoms with E-state index in [-0.39, 0.29) is 0 Å². The van der Waals surface area contributed by atoms with Crippen molar-refractivity contribution in [2.75, 3.05) is 0 Å². The van der Waals surface area contributed by atoms with Gasteiger partial charge in [-0.1, -0.05) is 35.9 Å². The molecular formula is C11H10Cl2O. The zero-order valence-corrected chi connectivity index (χ0v) is 9.27. The first kappa shape index (κ1) is 11.2. The van der Waals surface area contributed by atoms with E-state index in [2.05, 4.69) is 6.58 Å². The standard InChI is InChI=1S/C11H10Cl2O/c1-3-4-8(2)14-11-6-5-9(12)7-10(11)13/h3-7H,2H2,1H3/b4-3-. The van der Waals surface area contributed by atoms with E-state index in [0.717, 1.165) is 0 Å². The Labute approximate surface area is 93.6 Å². The largest absolute Gasteiger partial charge is 0.456 e. The summed E-state index contributed by atoms with van der Waals surface area (Å²) in [5, 5.41) is 1.06. The van der Waals surface area contributed by atoms with E-state index in [1.165, 1.54) is 0 Å². The molecule has 0 saturated carbocycles. The van der Waals surface area contributed by atoms with E-state index in [1.54, 1.807) is 24.3 Å². The molecule has 3 heteroatoms. The third kappa shape index (κ3) is 3.09. The third-order valence-corrected chi connectivity index (χ3v) is 2.02. The quantitative estimate of drug-likeness (QED) is 0.549. The van der Waals surface area contributed by atoms with E-state index >= 15 is 0 Å². The maximum Gasteiger partial charge on any atom is 0.146 e. The van der Waals surface area contributed by atoms with Crippen molar-refractivity contribution in [3.8, 4) is 5.75 Å². The predicted molar refractivity (Wildman–Crippen MR) is 61.0 cm³/mol. The highest BCUT2D eigenvalue weighted by molar-refractivity contribution is 6.35. The fourth-order valence-corrected chi connectivity index (χ4v) is 1.37. The van der Waals surface area contributed by atoms with Crippen molar-refractivity contribution >= 4 is 23.2 Å². The van der Waals surface area contributed by atoms with Crippen LogP contribution in [0.5, 0.6) is 5.75 Å². The zero-order valence-electron chi connectivity index (χ0n) is 7.76. The number of ether oxygens (including phenoxy) is 1. The van der Waals surface area contributed by atoms with Crippen molar-refractivity contribution in [1.82, 2.24) is 0 Å². The molecule has 0 bridgehead atoms. The van der Waals surface area contributed by atoms with Crippen molar-refractivity contribution in [3.05, 3.63) is 52.7 Å². The number of allylic oxidation sites excluding steroid dienone is 2. The molecule has 1 rings (SSSR count). The lowest BCUT2D eigenvalue weighted by Gasteiger charge is -2.06. The number of hydrogen-bond acceptors (Lipinski definition) is 1. The van der Waals surface area contributed by atoms with Crippen LogP contribution in [0, 0.1) is 0 Å². The average Bonchev–Trinajstić information content (AvgIpc) is 2.10. The number of benzene rings is 1. The molecule has 0 amide bonds. The molecule has 0 saturated heterocycles. The second-order valence-corrected chi connectivity index (χ2v) is 3.49. The molecule has 14 heavy (non-hydrogen) atoms. The van der Waals surface area contributed by atoms with Gasteiger partial charge in [0.1, 0.15) is 11.5 Å². The number of rotatable bonds is 3. The maximum atomic E-state index is 5.90. The molecule has 0 aliphatic heterocycles. The summed E-state index contributed by atoms with van der Waals surface area (Å²) in [6.45, 7) is 5.59. The summed E-state index contributed by atoms with van der Waals surface area (Å²) < 4.78 is 5.37. The molecule has 0 aliphatic carbocycles. The summed E-state index contributed by atoms with van der Waals surface area (Å²) >= 11 is 11.6. The number of halogens is 2. The van der Waals surface area contributed by atoms with Crippen LogP contribution in [0.2, 0.25) is 10.0 Å². The summed E-state index contributed by atoms with van der Waals surface area (Å²) in [5.41, 5.74) is 0. The lowest BCUT2D eigenvalue weighted by Crippen LogP contribution is -1.90. The fourth-order valence-electron chi connectivity index (χ4n) is 0.919. The lowest BCUT2D eigenvalue weighted by molar-refractivity contribution is 0.447. The van der Waals surface area contributed by atoms with Gasteiger partial charge in [0, 0.05) is 5.02 Å².